The molecule has 0 radical (unpaired) electrons. The lowest BCUT2D eigenvalue weighted by Gasteiger charge is -2.18. The van der Waals surface area contributed by atoms with Crippen molar-refractivity contribution in [3.63, 3.8) is 0 Å². The van der Waals surface area contributed by atoms with E-state index in [0.29, 0.717) is 32.7 Å². The zero-order chi connectivity index (χ0) is 18.6. The van der Waals surface area contributed by atoms with Gasteiger partial charge in [-0.15, -0.1) is 0 Å². The molecule has 0 bridgehead atoms. The van der Waals surface area contributed by atoms with Crippen LogP contribution in [0.3, 0.4) is 0 Å². The molecule has 138 valence electrons. The van der Waals surface area contributed by atoms with E-state index in [2.05, 4.69) is 10.6 Å². The maximum atomic E-state index is 12.1. The van der Waals surface area contributed by atoms with Gasteiger partial charge in [-0.2, -0.15) is 0 Å². The maximum absolute atomic E-state index is 12.1. The van der Waals surface area contributed by atoms with Crippen LogP contribution in [0.1, 0.15) is 30.4 Å². The van der Waals surface area contributed by atoms with Crippen molar-refractivity contribution in [2.45, 2.75) is 19.3 Å². The van der Waals surface area contributed by atoms with Gasteiger partial charge in [-0.3, -0.25) is 9.59 Å². The molecule has 0 atom stereocenters. The quantitative estimate of drug-likeness (QED) is 0.537. The zero-order valence-corrected chi connectivity index (χ0v) is 15.1. The van der Waals surface area contributed by atoms with Crippen molar-refractivity contribution in [2.24, 2.45) is 0 Å². The van der Waals surface area contributed by atoms with E-state index >= 15 is 0 Å². The second kappa shape index (κ2) is 11.1. The topological polar surface area (TPSA) is 67.4 Å². The van der Waals surface area contributed by atoms with Crippen molar-refractivity contribution >= 4 is 11.8 Å². The molecule has 26 heavy (non-hydrogen) atoms. The average Bonchev–Trinajstić information content (AvgIpc) is 2.69. The van der Waals surface area contributed by atoms with Gasteiger partial charge in [-0.1, -0.05) is 60.7 Å². The normalized spacial score (nSPS) is 10.5. The van der Waals surface area contributed by atoms with Crippen LogP contribution >= 0.6 is 0 Å². The lowest BCUT2D eigenvalue weighted by atomic mass is 9.91. The summed E-state index contributed by atoms with van der Waals surface area (Å²) >= 11 is 0. The maximum Gasteiger partial charge on any atom is 0.309 e. The standard InChI is InChI=1S/C21H26N2O3/c1-2-26-15-9-14-22-20(24)21(25)23-16-19(17-10-5-3-6-11-17)18-12-7-4-8-13-18/h3-8,10-13,19H,2,9,14-16H2,1H3,(H,22,24)(H,23,25). The Bertz CT molecular complexity index is 635. The van der Waals surface area contributed by atoms with Crippen LogP contribution in [-0.4, -0.2) is 38.1 Å². The van der Waals surface area contributed by atoms with Crippen molar-refractivity contribution < 1.29 is 14.3 Å². The van der Waals surface area contributed by atoms with Crippen molar-refractivity contribution in [2.75, 3.05) is 26.3 Å². The highest BCUT2D eigenvalue weighted by molar-refractivity contribution is 6.35. The Kier molecular flexibility index (Phi) is 8.36. The number of hydrogen-bond donors (Lipinski definition) is 2. The average molecular weight is 354 g/mol. The van der Waals surface area contributed by atoms with Crippen molar-refractivity contribution in [3.8, 4) is 0 Å². The minimum absolute atomic E-state index is 0.00731. The van der Waals surface area contributed by atoms with E-state index in [1.54, 1.807) is 0 Å². The molecule has 2 aromatic carbocycles. The number of ether oxygens (including phenoxy) is 1. The van der Waals surface area contributed by atoms with Crippen LogP contribution in [0.4, 0.5) is 0 Å². The molecular weight excluding hydrogens is 328 g/mol. The predicted molar refractivity (Wildman–Crippen MR) is 102 cm³/mol. The van der Waals surface area contributed by atoms with Gasteiger partial charge in [0.1, 0.15) is 0 Å². The Labute approximate surface area is 154 Å². The number of carbonyl (C=O) groups excluding carboxylic acids is 2. The van der Waals surface area contributed by atoms with E-state index in [9.17, 15) is 9.59 Å². The summed E-state index contributed by atoms with van der Waals surface area (Å²) in [7, 11) is 0. The van der Waals surface area contributed by atoms with E-state index in [0.717, 1.165) is 11.1 Å². The molecular formula is C21H26N2O3. The minimum Gasteiger partial charge on any atom is -0.382 e. The summed E-state index contributed by atoms with van der Waals surface area (Å²) in [4.78, 5) is 24.0. The first-order chi connectivity index (χ1) is 12.7. The van der Waals surface area contributed by atoms with Gasteiger partial charge in [0, 0.05) is 32.2 Å². The van der Waals surface area contributed by atoms with Gasteiger partial charge >= 0.3 is 11.8 Å². The Morgan fingerprint density at radius 1 is 0.885 bits per heavy atom. The van der Waals surface area contributed by atoms with Gasteiger partial charge in [0.15, 0.2) is 0 Å². The number of amides is 2. The Balaban J connectivity index is 1.91. The van der Waals surface area contributed by atoms with Crippen LogP contribution in [0.15, 0.2) is 60.7 Å². The fourth-order valence-electron chi connectivity index (χ4n) is 2.67. The lowest BCUT2D eigenvalue weighted by molar-refractivity contribution is -0.139. The summed E-state index contributed by atoms with van der Waals surface area (Å²) < 4.78 is 5.20. The third kappa shape index (κ3) is 6.33. The fourth-order valence-corrected chi connectivity index (χ4v) is 2.67. The van der Waals surface area contributed by atoms with E-state index in [1.807, 2.05) is 67.6 Å². The van der Waals surface area contributed by atoms with Crippen LogP contribution in [0.2, 0.25) is 0 Å². The summed E-state index contributed by atoms with van der Waals surface area (Å²) in [6, 6.07) is 19.9. The van der Waals surface area contributed by atoms with Crippen LogP contribution in [0, 0.1) is 0 Å². The van der Waals surface area contributed by atoms with Gasteiger partial charge in [0.25, 0.3) is 0 Å². The van der Waals surface area contributed by atoms with Crippen LogP contribution < -0.4 is 10.6 Å². The molecule has 0 aliphatic heterocycles. The third-order valence-corrected chi connectivity index (χ3v) is 4.03. The first kappa shape index (κ1) is 19.7. The van der Waals surface area contributed by atoms with E-state index < -0.39 is 11.8 Å². The molecule has 2 N–H and O–H groups in total. The highest BCUT2D eigenvalue weighted by atomic mass is 16.5. The first-order valence-electron chi connectivity index (χ1n) is 8.96. The van der Waals surface area contributed by atoms with Crippen LogP contribution in [0.5, 0.6) is 0 Å². The molecule has 0 spiro atoms. The summed E-state index contributed by atoms with van der Waals surface area (Å²) in [5.41, 5.74) is 2.19. The van der Waals surface area contributed by atoms with Gasteiger partial charge in [0.2, 0.25) is 0 Å². The highest BCUT2D eigenvalue weighted by Crippen LogP contribution is 2.23. The molecule has 0 aliphatic carbocycles. The summed E-state index contributed by atoms with van der Waals surface area (Å²) in [5, 5.41) is 5.36. The molecule has 0 heterocycles. The van der Waals surface area contributed by atoms with E-state index in [-0.39, 0.29) is 5.92 Å². The molecule has 0 saturated heterocycles. The molecule has 5 nitrogen and oxygen atoms in total. The third-order valence-electron chi connectivity index (χ3n) is 4.03. The van der Waals surface area contributed by atoms with Gasteiger partial charge in [-0.05, 0) is 24.5 Å². The number of rotatable bonds is 9. The second-order valence-corrected chi connectivity index (χ2v) is 5.89. The number of benzene rings is 2. The number of nitrogens with one attached hydrogen (secondary N) is 2. The smallest absolute Gasteiger partial charge is 0.309 e. The lowest BCUT2D eigenvalue weighted by Crippen LogP contribution is -2.42. The molecule has 2 amide bonds. The van der Waals surface area contributed by atoms with Crippen molar-refractivity contribution in [1.29, 1.82) is 0 Å². The molecule has 0 aliphatic rings. The Morgan fingerprint density at radius 2 is 1.42 bits per heavy atom. The highest BCUT2D eigenvalue weighted by Gasteiger charge is 2.18. The van der Waals surface area contributed by atoms with Gasteiger partial charge < -0.3 is 15.4 Å². The largest absolute Gasteiger partial charge is 0.382 e. The first-order valence-corrected chi connectivity index (χ1v) is 8.96. The zero-order valence-electron chi connectivity index (χ0n) is 15.1. The molecule has 0 aromatic heterocycles. The summed E-state index contributed by atoms with van der Waals surface area (Å²) in [6.07, 6.45) is 0.684. The van der Waals surface area contributed by atoms with Crippen molar-refractivity contribution in [1.82, 2.24) is 10.6 Å². The molecule has 0 unspecified atom stereocenters. The van der Waals surface area contributed by atoms with Crippen molar-refractivity contribution in [3.05, 3.63) is 71.8 Å². The SMILES string of the molecule is CCOCCCNC(=O)C(=O)NCC(c1ccccc1)c1ccccc1. The predicted octanol–water partition coefficient (Wildman–Crippen LogP) is 2.48. The minimum atomic E-state index is -0.613. The second-order valence-electron chi connectivity index (χ2n) is 5.89. The fraction of sp³-hybridized carbons (Fsp3) is 0.333. The molecule has 2 rings (SSSR count). The Hall–Kier alpha value is -2.66. The summed E-state index contributed by atoms with van der Waals surface area (Å²) in [6.45, 7) is 3.92. The molecule has 5 heteroatoms. The van der Waals surface area contributed by atoms with Gasteiger partial charge in [-0.25, -0.2) is 0 Å². The van der Waals surface area contributed by atoms with Crippen LogP contribution in [0.25, 0.3) is 0 Å². The monoisotopic (exact) mass is 354 g/mol. The molecule has 2 aromatic rings. The van der Waals surface area contributed by atoms with E-state index in [4.69, 9.17) is 4.74 Å². The van der Waals surface area contributed by atoms with Crippen LogP contribution in [-0.2, 0) is 14.3 Å². The number of carbonyl (C=O) groups is 2. The van der Waals surface area contributed by atoms with Gasteiger partial charge in [0.05, 0.1) is 0 Å². The van der Waals surface area contributed by atoms with E-state index in [1.165, 1.54) is 0 Å². The molecule has 0 saturated carbocycles. The molecule has 0 fully saturated rings. The summed E-state index contributed by atoms with van der Waals surface area (Å²) in [5.74, 6) is -1.23. The Morgan fingerprint density at radius 3 is 1.96 bits per heavy atom. The number of hydrogen-bond acceptors (Lipinski definition) is 3.